The number of amides is 3. The van der Waals surface area contributed by atoms with Crippen LogP contribution in [0.3, 0.4) is 0 Å². The average Bonchev–Trinajstić information content (AvgIpc) is 2.84. The first-order valence-corrected chi connectivity index (χ1v) is 6.79. The standard InChI is InChI=1S/C13H23N3O4/c1-13(2,7-6-10(17)18)15-12(20)16-8-4-5-9(16)11(19)14-3/h9H,4-8H2,1-3H3,(H,14,19)(H,15,20)(H,17,18). The molecule has 1 heterocycles. The number of carboxylic acids is 1. The molecule has 1 fully saturated rings. The van der Waals surface area contributed by atoms with Crippen LogP contribution in [-0.4, -0.2) is 53.1 Å². The van der Waals surface area contributed by atoms with E-state index in [1.165, 1.54) is 4.90 Å². The number of rotatable bonds is 5. The number of carbonyl (C=O) groups excluding carboxylic acids is 2. The largest absolute Gasteiger partial charge is 0.481 e. The number of likely N-dealkylation sites (tertiary alicyclic amines) is 1. The number of aliphatic carboxylic acids is 1. The molecule has 1 aliphatic heterocycles. The fraction of sp³-hybridized carbons (Fsp3) is 0.769. The number of carboxylic acid groups (broad SMARTS) is 1. The van der Waals surface area contributed by atoms with E-state index in [1.807, 2.05) is 0 Å². The van der Waals surface area contributed by atoms with Crippen molar-refractivity contribution in [1.29, 1.82) is 0 Å². The van der Waals surface area contributed by atoms with Crippen LogP contribution in [0, 0.1) is 0 Å². The molecule has 0 spiro atoms. The van der Waals surface area contributed by atoms with Crippen LogP contribution in [0.5, 0.6) is 0 Å². The van der Waals surface area contributed by atoms with Crippen LogP contribution >= 0.6 is 0 Å². The van der Waals surface area contributed by atoms with E-state index in [0.29, 0.717) is 19.4 Å². The number of hydrogen-bond acceptors (Lipinski definition) is 3. The topological polar surface area (TPSA) is 98.7 Å². The van der Waals surface area contributed by atoms with Crippen molar-refractivity contribution in [2.45, 2.75) is 51.1 Å². The third kappa shape index (κ3) is 4.40. The Kier molecular flexibility index (Phi) is 5.35. The molecular weight excluding hydrogens is 262 g/mol. The molecule has 114 valence electrons. The first kappa shape index (κ1) is 16.3. The van der Waals surface area contributed by atoms with Crippen molar-refractivity contribution < 1.29 is 19.5 Å². The Morgan fingerprint density at radius 2 is 2.00 bits per heavy atom. The van der Waals surface area contributed by atoms with Gasteiger partial charge in [-0.25, -0.2) is 4.79 Å². The molecule has 0 bridgehead atoms. The summed E-state index contributed by atoms with van der Waals surface area (Å²) < 4.78 is 0. The van der Waals surface area contributed by atoms with E-state index >= 15 is 0 Å². The Morgan fingerprint density at radius 1 is 1.35 bits per heavy atom. The van der Waals surface area contributed by atoms with E-state index < -0.39 is 17.6 Å². The van der Waals surface area contributed by atoms with E-state index in [0.717, 1.165) is 6.42 Å². The van der Waals surface area contributed by atoms with E-state index in [9.17, 15) is 14.4 Å². The monoisotopic (exact) mass is 285 g/mol. The maximum absolute atomic E-state index is 12.2. The van der Waals surface area contributed by atoms with Gasteiger partial charge in [-0.15, -0.1) is 0 Å². The molecule has 1 atom stereocenters. The van der Waals surface area contributed by atoms with Crippen LogP contribution in [0.15, 0.2) is 0 Å². The van der Waals surface area contributed by atoms with E-state index in [2.05, 4.69) is 10.6 Å². The Bertz CT molecular complexity index is 395. The third-order valence-electron chi connectivity index (χ3n) is 3.47. The molecule has 3 amide bonds. The molecule has 0 aromatic heterocycles. The minimum Gasteiger partial charge on any atom is -0.481 e. The van der Waals surface area contributed by atoms with Crippen molar-refractivity contribution in [2.75, 3.05) is 13.6 Å². The molecule has 7 nitrogen and oxygen atoms in total. The van der Waals surface area contributed by atoms with Gasteiger partial charge in [0.2, 0.25) is 5.91 Å². The van der Waals surface area contributed by atoms with Crippen molar-refractivity contribution >= 4 is 17.9 Å². The van der Waals surface area contributed by atoms with Crippen LogP contribution in [0.25, 0.3) is 0 Å². The molecule has 0 aromatic rings. The highest BCUT2D eigenvalue weighted by Crippen LogP contribution is 2.19. The average molecular weight is 285 g/mol. The molecule has 3 N–H and O–H groups in total. The van der Waals surface area contributed by atoms with Gasteiger partial charge >= 0.3 is 12.0 Å². The zero-order valence-electron chi connectivity index (χ0n) is 12.2. The smallest absolute Gasteiger partial charge is 0.318 e. The maximum Gasteiger partial charge on any atom is 0.318 e. The molecule has 1 unspecified atom stereocenters. The van der Waals surface area contributed by atoms with Gasteiger partial charge in [-0.05, 0) is 33.1 Å². The summed E-state index contributed by atoms with van der Waals surface area (Å²) >= 11 is 0. The highest BCUT2D eigenvalue weighted by molar-refractivity contribution is 5.87. The van der Waals surface area contributed by atoms with E-state index in [1.54, 1.807) is 20.9 Å². The van der Waals surface area contributed by atoms with Gasteiger partial charge in [0.05, 0.1) is 0 Å². The quantitative estimate of drug-likeness (QED) is 0.687. The van der Waals surface area contributed by atoms with Gasteiger partial charge in [0.15, 0.2) is 0 Å². The molecule has 1 rings (SSSR count). The molecule has 1 saturated heterocycles. The summed E-state index contributed by atoms with van der Waals surface area (Å²) in [5.74, 6) is -1.06. The second kappa shape index (κ2) is 6.58. The molecule has 0 aliphatic carbocycles. The first-order valence-electron chi connectivity index (χ1n) is 6.79. The lowest BCUT2D eigenvalue weighted by atomic mass is 9.99. The van der Waals surface area contributed by atoms with Crippen LogP contribution in [0.1, 0.15) is 39.5 Å². The van der Waals surface area contributed by atoms with Gasteiger partial charge in [-0.3, -0.25) is 9.59 Å². The SMILES string of the molecule is CNC(=O)C1CCCN1C(=O)NC(C)(C)CCC(=O)O. The zero-order chi connectivity index (χ0) is 15.3. The van der Waals surface area contributed by atoms with Crippen LogP contribution in [-0.2, 0) is 9.59 Å². The Balaban J connectivity index is 2.60. The summed E-state index contributed by atoms with van der Waals surface area (Å²) in [5.41, 5.74) is -0.620. The first-order chi connectivity index (χ1) is 9.26. The summed E-state index contributed by atoms with van der Waals surface area (Å²) in [5, 5.41) is 14.1. The number of nitrogens with one attached hydrogen (secondary N) is 2. The number of hydrogen-bond donors (Lipinski definition) is 3. The molecule has 0 saturated carbocycles. The minimum absolute atomic E-state index is 0.00778. The number of nitrogens with zero attached hydrogens (tertiary/aromatic N) is 1. The Morgan fingerprint density at radius 3 is 2.55 bits per heavy atom. The summed E-state index contributed by atoms with van der Waals surface area (Å²) in [7, 11) is 1.55. The Labute approximate surface area is 118 Å². The highest BCUT2D eigenvalue weighted by Gasteiger charge is 2.35. The summed E-state index contributed by atoms with van der Waals surface area (Å²) in [4.78, 5) is 36.0. The van der Waals surface area contributed by atoms with Crippen molar-refractivity contribution in [3.8, 4) is 0 Å². The van der Waals surface area contributed by atoms with Crippen molar-refractivity contribution in [2.24, 2.45) is 0 Å². The summed E-state index contributed by atoms with van der Waals surface area (Å²) in [6.45, 7) is 4.09. The van der Waals surface area contributed by atoms with Crippen LogP contribution in [0.4, 0.5) is 4.79 Å². The molecular formula is C13H23N3O4. The van der Waals surface area contributed by atoms with Crippen molar-refractivity contribution in [1.82, 2.24) is 15.5 Å². The van der Waals surface area contributed by atoms with E-state index in [4.69, 9.17) is 5.11 Å². The lowest BCUT2D eigenvalue weighted by Crippen LogP contribution is -2.54. The number of likely N-dealkylation sites (N-methyl/N-ethyl adjacent to an activating group) is 1. The summed E-state index contributed by atoms with van der Waals surface area (Å²) in [6, 6.07) is -0.748. The molecule has 0 aromatic carbocycles. The molecule has 1 aliphatic rings. The van der Waals surface area contributed by atoms with Gasteiger partial charge in [-0.1, -0.05) is 0 Å². The fourth-order valence-corrected chi connectivity index (χ4v) is 2.29. The van der Waals surface area contributed by atoms with Gasteiger partial charge in [0.1, 0.15) is 6.04 Å². The molecule has 20 heavy (non-hydrogen) atoms. The second-order valence-corrected chi connectivity index (χ2v) is 5.67. The van der Waals surface area contributed by atoms with Gasteiger partial charge in [-0.2, -0.15) is 0 Å². The van der Waals surface area contributed by atoms with Gasteiger partial charge < -0.3 is 20.6 Å². The van der Waals surface area contributed by atoms with Gasteiger partial charge in [0.25, 0.3) is 0 Å². The molecule has 7 heteroatoms. The normalized spacial score (nSPS) is 18.8. The summed E-state index contributed by atoms with van der Waals surface area (Å²) in [6.07, 6.45) is 1.78. The third-order valence-corrected chi connectivity index (χ3v) is 3.47. The van der Waals surface area contributed by atoms with Crippen LogP contribution < -0.4 is 10.6 Å². The predicted molar refractivity (Wildman–Crippen MR) is 73.3 cm³/mol. The van der Waals surface area contributed by atoms with Crippen molar-refractivity contribution in [3.05, 3.63) is 0 Å². The molecule has 0 radical (unpaired) electrons. The van der Waals surface area contributed by atoms with Crippen LogP contribution in [0.2, 0.25) is 0 Å². The second-order valence-electron chi connectivity index (χ2n) is 5.67. The van der Waals surface area contributed by atoms with E-state index in [-0.39, 0.29) is 18.4 Å². The fourth-order valence-electron chi connectivity index (χ4n) is 2.29. The predicted octanol–water partition coefficient (Wildman–Crippen LogP) is 0.550. The minimum atomic E-state index is -0.892. The zero-order valence-corrected chi connectivity index (χ0v) is 12.2. The maximum atomic E-state index is 12.2. The lowest BCUT2D eigenvalue weighted by Gasteiger charge is -2.31. The highest BCUT2D eigenvalue weighted by atomic mass is 16.4. The van der Waals surface area contributed by atoms with Gasteiger partial charge in [0, 0.05) is 25.6 Å². The number of urea groups is 1. The van der Waals surface area contributed by atoms with Crippen molar-refractivity contribution in [3.63, 3.8) is 0 Å². The Hall–Kier alpha value is -1.79. The number of carbonyl (C=O) groups is 3. The lowest BCUT2D eigenvalue weighted by molar-refractivity contribution is -0.137.